The van der Waals surface area contributed by atoms with Crippen LogP contribution < -0.4 is 0 Å². The van der Waals surface area contributed by atoms with Gasteiger partial charge in [-0.2, -0.15) is 0 Å². The summed E-state index contributed by atoms with van der Waals surface area (Å²) in [5, 5.41) is 8.14. The molecule has 0 atom stereocenters. The van der Waals surface area contributed by atoms with Gasteiger partial charge in [-0.15, -0.1) is 5.10 Å². The third-order valence-electron chi connectivity index (χ3n) is 3.06. The van der Waals surface area contributed by atoms with Gasteiger partial charge in [0.2, 0.25) is 0 Å². The topological polar surface area (TPSA) is 60.9 Å². The van der Waals surface area contributed by atoms with Crippen LogP contribution in [0.4, 0.5) is 0 Å². The summed E-state index contributed by atoms with van der Waals surface area (Å²) in [6.45, 7) is 2.04. The highest BCUT2D eigenvalue weighted by atomic mass is 16.3. The van der Waals surface area contributed by atoms with E-state index in [0.717, 1.165) is 23.4 Å². The second-order valence-electron chi connectivity index (χ2n) is 4.37. The van der Waals surface area contributed by atoms with Crippen molar-refractivity contribution in [2.75, 3.05) is 0 Å². The molecule has 0 amide bonds. The number of rotatable bonds is 4. The zero-order valence-corrected chi connectivity index (χ0v) is 11.0. The van der Waals surface area contributed by atoms with Gasteiger partial charge in [0.05, 0.1) is 17.6 Å². The molecular formula is C15H13N3O2. The van der Waals surface area contributed by atoms with Gasteiger partial charge < -0.3 is 4.42 Å². The van der Waals surface area contributed by atoms with E-state index in [1.54, 1.807) is 16.8 Å². The molecule has 5 nitrogen and oxygen atoms in total. The molecule has 0 aliphatic rings. The minimum absolute atomic E-state index is 0.327. The van der Waals surface area contributed by atoms with E-state index >= 15 is 0 Å². The average molecular weight is 267 g/mol. The maximum atomic E-state index is 10.6. The maximum absolute atomic E-state index is 10.6. The predicted octanol–water partition coefficient (Wildman–Crippen LogP) is 2.90. The van der Waals surface area contributed by atoms with E-state index in [1.807, 2.05) is 37.4 Å². The van der Waals surface area contributed by atoms with Crippen LogP contribution >= 0.6 is 0 Å². The molecule has 2 aromatic heterocycles. The Bertz CT molecular complexity index is 726. The molecule has 3 aromatic rings. The van der Waals surface area contributed by atoms with E-state index in [9.17, 15) is 4.79 Å². The van der Waals surface area contributed by atoms with E-state index in [4.69, 9.17) is 4.42 Å². The monoisotopic (exact) mass is 267 g/mol. The zero-order valence-electron chi connectivity index (χ0n) is 11.0. The summed E-state index contributed by atoms with van der Waals surface area (Å²) in [5.74, 6) is 0.999. The number of carbonyl (C=O) groups excluding carboxylic acids is 1. The lowest BCUT2D eigenvalue weighted by molar-refractivity contribution is 0.110. The van der Waals surface area contributed by atoms with Crippen molar-refractivity contribution in [3.8, 4) is 17.0 Å². The minimum Gasteiger partial charge on any atom is -0.453 e. The molecular weight excluding hydrogens is 254 g/mol. The smallest absolute Gasteiger partial charge is 0.185 e. The van der Waals surface area contributed by atoms with Crippen LogP contribution in [-0.4, -0.2) is 21.3 Å². The third kappa shape index (κ3) is 2.25. The van der Waals surface area contributed by atoms with Crippen molar-refractivity contribution < 1.29 is 9.21 Å². The van der Waals surface area contributed by atoms with E-state index in [-0.39, 0.29) is 0 Å². The van der Waals surface area contributed by atoms with Gasteiger partial charge in [0, 0.05) is 5.56 Å². The van der Waals surface area contributed by atoms with E-state index in [2.05, 4.69) is 10.3 Å². The maximum Gasteiger partial charge on any atom is 0.185 e. The van der Waals surface area contributed by atoms with Crippen molar-refractivity contribution in [1.82, 2.24) is 15.0 Å². The summed E-state index contributed by atoms with van der Waals surface area (Å²) in [6, 6.07) is 11.2. The van der Waals surface area contributed by atoms with Crippen molar-refractivity contribution in [3.05, 3.63) is 54.0 Å². The molecule has 2 heterocycles. The predicted molar refractivity (Wildman–Crippen MR) is 73.8 cm³/mol. The number of hydrogen-bond acceptors (Lipinski definition) is 4. The Balaban J connectivity index is 1.88. The quantitative estimate of drug-likeness (QED) is 0.682. The van der Waals surface area contributed by atoms with Crippen LogP contribution in [0, 0.1) is 0 Å². The number of aromatic nitrogens is 3. The summed E-state index contributed by atoms with van der Waals surface area (Å²) in [5.41, 5.74) is 2.80. The summed E-state index contributed by atoms with van der Waals surface area (Å²) in [4.78, 5) is 10.6. The number of benzene rings is 1. The molecule has 0 bridgehead atoms. The number of furan rings is 1. The molecule has 20 heavy (non-hydrogen) atoms. The van der Waals surface area contributed by atoms with Gasteiger partial charge >= 0.3 is 0 Å². The van der Waals surface area contributed by atoms with E-state index in [0.29, 0.717) is 17.8 Å². The molecule has 3 rings (SSSR count). The molecule has 0 saturated carbocycles. The fraction of sp³-hybridized carbons (Fsp3) is 0.133. The molecule has 0 aliphatic carbocycles. The van der Waals surface area contributed by atoms with Crippen LogP contribution in [0.3, 0.4) is 0 Å². The van der Waals surface area contributed by atoms with E-state index < -0.39 is 0 Å². The number of aryl methyl sites for hydroxylation is 1. The Morgan fingerprint density at radius 3 is 2.60 bits per heavy atom. The molecule has 0 unspecified atom stereocenters. The van der Waals surface area contributed by atoms with Gasteiger partial charge in [0.25, 0.3) is 0 Å². The van der Waals surface area contributed by atoms with Crippen molar-refractivity contribution in [2.45, 2.75) is 13.3 Å². The first-order valence-corrected chi connectivity index (χ1v) is 6.37. The number of aldehydes is 1. The van der Waals surface area contributed by atoms with Crippen molar-refractivity contribution in [3.63, 3.8) is 0 Å². The van der Waals surface area contributed by atoms with Crippen molar-refractivity contribution in [2.24, 2.45) is 0 Å². The van der Waals surface area contributed by atoms with Crippen LogP contribution in [0.5, 0.6) is 0 Å². The summed E-state index contributed by atoms with van der Waals surface area (Å²) in [7, 11) is 0. The fourth-order valence-corrected chi connectivity index (χ4v) is 1.94. The molecule has 0 spiro atoms. The Morgan fingerprint density at radius 2 is 2.00 bits per heavy atom. The molecule has 0 radical (unpaired) electrons. The Kier molecular flexibility index (Phi) is 3.16. The lowest BCUT2D eigenvalue weighted by atomic mass is 10.1. The zero-order chi connectivity index (χ0) is 13.9. The fourth-order valence-electron chi connectivity index (χ4n) is 1.94. The van der Waals surface area contributed by atoms with Crippen molar-refractivity contribution >= 4 is 6.29 Å². The highest BCUT2D eigenvalue weighted by Gasteiger charge is 2.05. The van der Waals surface area contributed by atoms with Crippen LogP contribution in [0.25, 0.3) is 17.0 Å². The van der Waals surface area contributed by atoms with Gasteiger partial charge in [-0.1, -0.05) is 12.1 Å². The Hall–Kier alpha value is -2.69. The van der Waals surface area contributed by atoms with Gasteiger partial charge in [-0.25, -0.2) is 4.68 Å². The lowest BCUT2D eigenvalue weighted by Crippen LogP contribution is -1.94. The summed E-state index contributed by atoms with van der Waals surface area (Å²) in [6.07, 6.45) is 3.46. The van der Waals surface area contributed by atoms with Gasteiger partial charge in [0.1, 0.15) is 5.76 Å². The highest BCUT2D eigenvalue weighted by molar-refractivity contribution is 5.72. The first-order chi connectivity index (χ1) is 9.80. The largest absolute Gasteiger partial charge is 0.453 e. The molecule has 0 saturated heterocycles. The average Bonchev–Trinajstić information content (AvgIpc) is 3.16. The molecule has 0 N–H and O–H groups in total. The molecule has 1 aromatic carbocycles. The number of hydrogen-bond donors (Lipinski definition) is 0. The van der Waals surface area contributed by atoms with Gasteiger partial charge in [-0.05, 0) is 42.8 Å². The second kappa shape index (κ2) is 5.13. The third-order valence-corrected chi connectivity index (χ3v) is 3.06. The first kappa shape index (κ1) is 12.3. The van der Waals surface area contributed by atoms with Crippen LogP contribution in [0.15, 0.2) is 47.0 Å². The normalized spacial score (nSPS) is 10.7. The van der Waals surface area contributed by atoms with Crippen molar-refractivity contribution in [1.29, 1.82) is 0 Å². The van der Waals surface area contributed by atoms with E-state index in [1.165, 1.54) is 0 Å². The standard InChI is InChI=1S/C15H13N3O2/c1-2-12-9-18(17-16-12)13-5-3-11(4-6-13)15-8-7-14(10-19)20-15/h3-10H,2H2,1H3. The summed E-state index contributed by atoms with van der Waals surface area (Å²) < 4.78 is 7.12. The molecule has 100 valence electrons. The van der Waals surface area contributed by atoms with Crippen LogP contribution in [-0.2, 0) is 6.42 Å². The Morgan fingerprint density at radius 1 is 1.20 bits per heavy atom. The molecule has 5 heteroatoms. The number of carbonyl (C=O) groups is 1. The second-order valence-corrected chi connectivity index (χ2v) is 4.37. The van der Waals surface area contributed by atoms with Gasteiger partial charge in [0.15, 0.2) is 12.0 Å². The van der Waals surface area contributed by atoms with Crippen LogP contribution in [0.2, 0.25) is 0 Å². The lowest BCUT2D eigenvalue weighted by Gasteiger charge is -2.01. The highest BCUT2D eigenvalue weighted by Crippen LogP contribution is 2.22. The minimum atomic E-state index is 0.327. The molecule has 0 aliphatic heterocycles. The summed E-state index contributed by atoms with van der Waals surface area (Å²) >= 11 is 0. The van der Waals surface area contributed by atoms with Crippen LogP contribution in [0.1, 0.15) is 23.2 Å². The SMILES string of the molecule is CCc1cn(-c2ccc(-c3ccc(C=O)o3)cc2)nn1. The first-order valence-electron chi connectivity index (χ1n) is 6.37. The molecule has 0 fully saturated rings. The Labute approximate surface area is 115 Å². The van der Waals surface area contributed by atoms with Gasteiger partial charge in [-0.3, -0.25) is 4.79 Å². The number of nitrogens with zero attached hydrogens (tertiary/aromatic N) is 3.